The van der Waals surface area contributed by atoms with Crippen LogP contribution in [0.1, 0.15) is 138 Å². The van der Waals surface area contributed by atoms with Crippen LogP contribution in [-0.2, 0) is 45.8 Å². The Morgan fingerprint density at radius 1 is 0.545 bits per heavy atom. The minimum atomic E-state index is -3.65. The fourth-order valence-electron chi connectivity index (χ4n) is 13.9. The van der Waals surface area contributed by atoms with Gasteiger partial charge in [0.05, 0.1) is 90.3 Å². The van der Waals surface area contributed by atoms with Crippen molar-refractivity contribution in [3.8, 4) is 11.4 Å². The van der Waals surface area contributed by atoms with Crippen LogP contribution in [0, 0.1) is 17.6 Å². The fraction of sp³-hybridized carbons (Fsp3) is 0.284. The number of rotatable bonds is 14. The van der Waals surface area contributed by atoms with Gasteiger partial charge in [-0.05, 0) is 194 Å². The maximum Gasteiger partial charge on any atom is 0.284 e. The van der Waals surface area contributed by atoms with E-state index in [1.807, 2.05) is 49.2 Å². The molecule has 14 rings (SSSR count). The molecule has 1 unspecified atom stereocenters. The maximum atomic E-state index is 13.8. The largest absolute Gasteiger partial charge is 0.348 e. The summed E-state index contributed by atoms with van der Waals surface area (Å²) in [5.41, 5.74) is 9.71. The van der Waals surface area contributed by atoms with Gasteiger partial charge in [0.15, 0.2) is 29.5 Å². The van der Waals surface area contributed by atoms with Crippen LogP contribution in [0.2, 0.25) is 30.1 Å². The minimum Gasteiger partial charge on any atom is -0.348 e. The lowest BCUT2D eigenvalue weighted by Gasteiger charge is -2.30. The average Bonchev–Trinajstić information content (AvgIpc) is 1.60. The molecule has 3 N–H and O–H groups in total. The number of alkyl halides is 1. The number of hydrogen-bond donors (Lipinski definition) is 3. The zero-order valence-electron chi connectivity index (χ0n) is 60.6. The second-order valence-corrected chi connectivity index (χ2v) is 36.7. The van der Waals surface area contributed by atoms with Gasteiger partial charge in [-0.1, -0.05) is 162 Å². The van der Waals surface area contributed by atoms with Crippen LogP contribution < -0.4 is 21.1 Å². The quantitative estimate of drug-likeness (QED) is 0.0918. The Hall–Kier alpha value is -8.60. The molecule has 4 aliphatic heterocycles. The van der Waals surface area contributed by atoms with Gasteiger partial charge < -0.3 is 10.6 Å². The third kappa shape index (κ3) is 21.0. The van der Waals surface area contributed by atoms with Crippen LogP contribution in [0.5, 0.6) is 0 Å². The number of amides is 3. The predicted octanol–water partition coefficient (Wildman–Crippen LogP) is 17.5. The summed E-state index contributed by atoms with van der Waals surface area (Å²) in [6, 6.07) is 34.7. The Balaban J connectivity index is 0.000000156. The van der Waals surface area contributed by atoms with E-state index in [2.05, 4.69) is 21.2 Å². The molecular formula is C81H77Cl6F3N10O9S3. The summed E-state index contributed by atoms with van der Waals surface area (Å²) in [4.78, 5) is 40.9. The lowest BCUT2D eigenvalue weighted by atomic mass is 9.84. The van der Waals surface area contributed by atoms with Crippen LogP contribution in [0.15, 0.2) is 186 Å². The summed E-state index contributed by atoms with van der Waals surface area (Å²) in [6.45, 7) is 5.24. The molecular weight excluding hydrogens is 1620 g/mol. The maximum absolute atomic E-state index is 13.8. The van der Waals surface area contributed by atoms with Gasteiger partial charge in [0.2, 0.25) is 0 Å². The van der Waals surface area contributed by atoms with Crippen molar-refractivity contribution in [3.05, 3.63) is 273 Å². The number of carbonyl (C=O) groups excluding carboxylic acids is 3. The number of anilines is 1. The number of piperidine rings is 1. The van der Waals surface area contributed by atoms with E-state index in [-0.39, 0.29) is 90.7 Å². The molecule has 19 nitrogen and oxygen atoms in total. The molecule has 3 atom stereocenters. The van der Waals surface area contributed by atoms with Crippen molar-refractivity contribution in [1.82, 2.24) is 40.6 Å². The van der Waals surface area contributed by atoms with E-state index in [0.29, 0.717) is 102 Å². The lowest BCUT2D eigenvalue weighted by molar-refractivity contribution is -0.118. The van der Waals surface area contributed by atoms with Crippen molar-refractivity contribution in [1.29, 1.82) is 0 Å². The average molecular weight is 1700 g/mol. The van der Waals surface area contributed by atoms with Crippen molar-refractivity contribution in [3.63, 3.8) is 0 Å². The lowest BCUT2D eigenvalue weighted by Crippen LogP contribution is -2.45. The number of hydrogen-bond acceptors (Lipinski definition) is 14. The van der Waals surface area contributed by atoms with Gasteiger partial charge in [0.25, 0.3) is 17.7 Å². The first kappa shape index (κ1) is 82.8. The third-order valence-corrected chi connectivity index (χ3v) is 25.5. The highest BCUT2D eigenvalue weighted by molar-refractivity contribution is 7.92. The number of hydrazine groups is 1. The molecule has 586 valence electrons. The van der Waals surface area contributed by atoms with Gasteiger partial charge in [-0.3, -0.25) is 19.8 Å². The van der Waals surface area contributed by atoms with Gasteiger partial charge >= 0.3 is 0 Å². The Morgan fingerprint density at radius 3 is 1.58 bits per heavy atom. The van der Waals surface area contributed by atoms with Crippen molar-refractivity contribution in [2.45, 2.75) is 101 Å². The molecule has 112 heavy (non-hydrogen) atoms. The van der Waals surface area contributed by atoms with Gasteiger partial charge in [-0.25, -0.2) is 57.8 Å². The van der Waals surface area contributed by atoms with Crippen LogP contribution in [0.4, 0.5) is 18.9 Å². The standard InChI is InChI=1S/C28H22Cl2FN3O3S.C28H30Cl2FN3O3S.C25H25Cl2FN4O3S/c1-17(19-5-3-2-4-6-19)32-28(35)27-23-16-38(36,37)15-20(13-18-7-10-22(31)11-8-18)26(23)33-34(27)25-12-9-21(29)14-24(25)30;1-19(22-5-3-2-4-6-22)33-28(35)27-13-14-38(36,37)18-21(15-20-7-10-24(31)11-8-20)17-32-34(27)26-12-9-23(29)16-25(26)30;26-18-6-9-22(21(27)13-18)32-24(25(33)30-31-10-2-1-3-11-31)20-15-36(34,35)14-17(23(20)29-32)12-16-4-7-19(28)8-5-16/h2-14,17H,15-16H2,1H3,(H,32,35);7-13,15-17,19,22H,2-6,14,18H2,1H3,(H,33,35);4-7,9,12-13,19H,1-3,8,10-11,14-15H2,(H,30,33)/b20-13+;21-15-,27-13+,32-17+;17-12+/t17-;19-;/m11./s1. The van der Waals surface area contributed by atoms with Crippen LogP contribution in [0.3, 0.4) is 0 Å². The molecule has 3 amide bonds. The summed E-state index contributed by atoms with van der Waals surface area (Å²) in [5, 5.41) is 25.2. The molecule has 0 bridgehead atoms. The highest BCUT2D eigenvalue weighted by Gasteiger charge is 2.39. The van der Waals surface area contributed by atoms with Gasteiger partial charge in [-0.15, -0.1) is 0 Å². The molecule has 8 aromatic rings. The zero-order valence-corrected chi connectivity index (χ0v) is 67.6. The molecule has 2 aromatic heterocycles. The number of sulfone groups is 3. The smallest absolute Gasteiger partial charge is 0.284 e. The predicted molar refractivity (Wildman–Crippen MR) is 439 cm³/mol. The molecule has 1 saturated heterocycles. The van der Waals surface area contributed by atoms with Crippen LogP contribution in [-0.4, -0.2) is 122 Å². The molecule has 6 aliphatic rings. The van der Waals surface area contributed by atoms with E-state index in [4.69, 9.17) is 79.8 Å². The second-order valence-electron chi connectivity index (χ2n) is 28.0. The first-order valence-corrected chi connectivity index (χ1v) is 43.8. The Labute approximate surface area is 678 Å². The van der Waals surface area contributed by atoms with E-state index in [9.17, 15) is 52.8 Å². The zero-order chi connectivity index (χ0) is 79.8. The van der Waals surface area contributed by atoms with Crippen molar-refractivity contribution < 1.29 is 52.8 Å². The molecule has 6 heterocycles. The van der Waals surface area contributed by atoms with Crippen LogP contribution >= 0.6 is 69.6 Å². The van der Waals surface area contributed by atoms with Crippen molar-refractivity contribution in [2.24, 2.45) is 11.0 Å². The van der Waals surface area contributed by atoms with E-state index < -0.39 is 65.0 Å². The highest BCUT2D eigenvalue weighted by Crippen LogP contribution is 2.40. The van der Waals surface area contributed by atoms with E-state index in [0.717, 1.165) is 50.5 Å². The topological polar surface area (TPSA) is 244 Å². The van der Waals surface area contributed by atoms with E-state index >= 15 is 0 Å². The Kier molecular flexibility index (Phi) is 26.8. The fourth-order valence-corrected chi connectivity index (χ4v) is 19.6. The van der Waals surface area contributed by atoms with Gasteiger partial charge in [-0.2, -0.15) is 15.3 Å². The minimum absolute atomic E-state index is 0.0553. The van der Waals surface area contributed by atoms with Crippen molar-refractivity contribution in [2.75, 3.05) is 41.1 Å². The Morgan fingerprint density at radius 2 is 1.05 bits per heavy atom. The number of halogens is 9. The van der Waals surface area contributed by atoms with Gasteiger partial charge in [0.1, 0.15) is 34.9 Å². The summed E-state index contributed by atoms with van der Waals surface area (Å²) >= 11 is 37.8. The van der Waals surface area contributed by atoms with Crippen molar-refractivity contribution >= 4 is 152 Å². The summed E-state index contributed by atoms with van der Waals surface area (Å²) in [5.74, 6) is -3.71. The third-order valence-electron chi connectivity index (χ3n) is 19.4. The molecule has 2 fully saturated rings. The molecule has 6 aromatic carbocycles. The molecule has 1 saturated carbocycles. The number of aromatic nitrogens is 4. The molecule has 31 heteroatoms. The van der Waals surface area contributed by atoms with E-state index in [1.165, 1.54) is 75.6 Å². The Bertz CT molecular complexity index is 5510. The normalized spacial score (nSPS) is 20.4. The monoisotopic (exact) mass is 1700 g/mol. The number of allylic oxidation sites excluding steroid dienone is 5. The number of carbonyl (C=O) groups is 3. The highest BCUT2D eigenvalue weighted by atomic mass is 35.5. The summed E-state index contributed by atoms with van der Waals surface area (Å²) < 4.78 is 121. The second kappa shape index (κ2) is 36.3. The first-order chi connectivity index (χ1) is 53.4. The summed E-state index contributed by atoms with van der Waals surface area (Å²) in [7, 11) is -10.9. The number of benzene rings is 6. The number of nitrogens with zero attached hydrogens (tertiary/aromatic N) is 7. The SMILES string of the molecule is C[C@@H](NC(=O)/C1=C\CS(=O)(=O)CC(=C\c2ccc(F)cc2)/C=N/N1c1ccc(Cl)cc1Cl)C1CCCCC1.C[C@@H](NC(=O)c1c2c(nn1-c1ccc(Cl)cc1Cl)/C(=C/c1ccc(F)cc1)CS(=O)(=O)C2)c1ccccc1.O=C(NN1CCCCC1)c1c2c(nn1-c1ccc(Cl)cc1Cl)/C(=C/C1=CCC(F)C=C1)CS(=O)(=O)C2. The number of fused-ring (bicyclic) bond motifs is 2. The summed E-state index contributed by atoms with van der Waals surface area (Å²) in [6.07, 6.45) is 20.2. The first-order valence-electron chi connectivity index (χ1n) is 36.1. The molecule has 0 radical (unpaired) electrons. The molecule has 2 aliphatic carbocycles. The van der Waals surface area contributed by atoms with E-state index in [1.54, 1.807) is 97.1 Å². The molecule has 0 spiro atoms. The van der Waals surface area contributed by atoms with Gasteiger partial charge in [0, 0.05) is 51.7 Å². The number of nitrogens with one attached hydrogen (secondary N) is 3. The van der Waals surface area contributed by atoms with Crippen LogP contribution in [0.25, 0.3) is 34.7 Å². The number of hydrazone groups is 1.